The van der Waals surface area contributed by atoms with Crippen LogP contribution in [0, 0.1) is 0 Å². The van der Waals surface area contributed by atoms with Crippen molar-refractivity contribution in [3.8, 4) is 5.75 Å². The van der Waals surface area contributed by atoms with Crippen molar-refractivity contribution in [3.05, 3.63) is 29.8 Å². The van der Waals surface area contributed by atoms with Crippen molar-refractivity contribution < 1.29 is 19.0 Å². The topological polar surface area (TPSA) is 48.0 Å². The number of ether oxygens (including phenoxy) is 3. The third-order valence-electron chi connectivity index (χ3n) is 5.19. The molecule has 5 nitrogen and oxygen atoms in total. The molecule has 1 aromatic rings. The molecular weight excluding hydrogens is 318 g/mol. The Balaban J connectivity index is 1.44. The molecule has 2 atom stereocenters. The number of hydrogen-bond donors (Lipinski definition) is 0. The van der Waals surface area contributed by atoms with Gasteiger partial charge in [0.25, 0.3) is 0 Å². The Labute approximate surface area is 150 Å². The number of benzene rings is 1. The van der Waals surface area contributed by atoms with Crippen molar-refractivity contribution >= 4 is 5.97 Å². The van der Waals surface area contributed by atoms with Crippen molar-refractivity contribution in [1.82, 2.24) is 4.90 Å². The molecule has 2 saturated heterocycles. The van der Waals surface area contributed by atoms with Gasteiger partial charge in [-0.25, -0.2) is 4.79 Å². The first kappa shape index (κ1) is 18.2. The van der Waals surface area contributed by atoms with Crippen LogP contribution in [0.1, 0.15) is 43.6 Å². The second kappa shape index (κ2) is 9.20. The summed E-state index contributed by atoms with van der Waals surface area (Å²) in [5, 5.41) is 0. The molecule has 1 aromatic carbocycles. The van der Waals surface area contributed by atoms with Crippen LogP contribution in [0.5, 0.6) is 5.75 Å². The number of nitrogens with zero attached hydrogens (tertiary/aromatic N) is 1. The molecule has 0 aromatic heterocycles. The van der Waals surface area contributed by atoms with Gasteiger partial charge in [0.15, 0.2) is 6.10 Å². The van der Waals surface area contributed by atoms with Crippen molar-refractivity contribution in [3.63, 3.8) is 0 Å². The summed E-state index contributed by atoms with van der Waals surface area (Å²) in [6, 6.07) is 8.29. The Kier molecular flexibility index (Phi) is 6.70. The molecule has 0 amide bonds. The normalized spacial score (nSPS) is 24.2. The summed E-state index contributed by atoms with van der Waals surface area (Å²) in [5.41, 5.74) is 1.24. The third kappa shape index (κ3) is 5.19. The lowest BCUT2D eigenvalue weighted by Gasteiger charge is -2.28. The lowest BCUT2D eigenvalue weighted by atomic mass is 9.88. The van der Waals surface area contributed by atoms with Crippen LogP contribution in [0.15, 0.2) is 24.3 Å². The molecule has 0 N–H and O–H groups in total. The molecule has 2 heterocycles. The van der Waals surface area contributed by atoms with E-state index < -0.39 is 6.10 Å². The summed E-state index contributed by atoms with van der Waals surface area (Å²) in [6.07, 6.45) is 4.93. The van der Waals surface area contributed by atoms with Gasteiger partial charge >= 0.3 is 5.97 Å². The predicted octanol–water partition coefficient (Wildman–Crippen LogP) is 2.99. The molecule has 25 heavy (non-hydrogen) atoms. The average molecular weight is 347 g/mol. The Morgan fingerprint density at radius 3 is 2.72 bits per heavy atom. The average Bonchev–Trinajstić information content (AvgIpc) is 3.19. The van der Waals surface area contributed by atoms with Crippen molar-refractivity contribution in [2.75, 3.05) is 40.0 Å². The van der Waals surface area contributed by atoms with Gasteiger partial charge in [0.2, 0.25) is 0 Å². The quantitative estimate of drug-likeness (QED) is 0.561. The molecule has 0 bridgehead atoms. The van der Waals surface area contributed by atoms with E-state index in [1.807, 2.05) is 12.1 Å². The SMILES string of the molecule is COC(=O)C1CC(c2ccc(OCCCN3CCCC3)cc2)CCO1. The minimum atomic E-state index is -0.440. The van der Waals surface area contributed by atoms with E-state index in [0.717, 1.165) is 31.7 Å². The molecular formula is C20H29NO4. The Morgan fingerprint density at radius 2 is 2.00 bits per heavy atom. The van der Waals surface area contributed by atoms with Gasteiger partial charge in [-0.15, -0.1) is 0 Å². The lowest BCUT2D eigenvalue weighted by molar-refractivity contribution is -0.157. The molecule has 2 aliphatic heterocycles. The zero-order chi connectivity index (χ0) is 17.5. The Hall–Kier alpha value is -1.59. The van der Waals surface area contributed by atoms with E-state index in [0.29, 0.717) is 18.9 Å². The van der Waals surface area contributed by atoms with Crippen LogP contribution < -0.4 is 4.74 Å². The molecule has 0 aliphatic carbocycles. The minimum Gasteiger partial charge on any atom is -0.494 e. The van der Waals surface area contributed by atoms with Gasteiger partial charge in [0, 0.05) is 13.2 Å². The molecule has 0 saturated carbocycles. The van der Waals surface area contributed by atoms with Crippen LogP contribution >= 0.6 is 0 Å². The first-order valence-electron chi connectivity index (χ1n) is 9.41. The van der Waals surface area contributed by atoms with E-state index in [1.54, 1.807) is 0 Å². The fourth-order valence-electron chi connectivity index (χ4n) is 3.72. The number of rotatable bonds is 7. The van der Waals surface area contributed by atoms with Gasteiger partial charge in [-0.3, -0.25) is 0 Å². The largest absolute Gasteiger partial charge is 0.494 e. The number of carbonyl (C=O) groups is 1. The third-order valence-corrected chi connectivity index (χ3v) is 5.19. The maximum atomic E-state index is 11.7. The van der Waals surface area contributed by atoms with Crippen LogP contribution in [0.2, 0.25) is 0 Å². The predicted molar refractivity (Wildman–Crippen MR) is 96.0 cm³/mol. The van der Waals surface area contributed by atoms with E-state index >= 15 is 0 Å². The molecule has 2 unspecified atom stereocenters. The van der Waals surface area contributed by atoms with Gasteiger partial charge in [0.05, 0.1) is 13.7 Å². The summed E-state index contributed by atoms with van der Waals surface area (Å²) in [7, 11) is 1.41. The van der Waals surface area contributed by atoms with E-state index in [2.05, 4.69) is 17.0 Å². The van der Waals surface area contributed by atoms with Gasteiger partial charge in [-0.2, -0.15) is 0 Å². The Morgan fingerprint density at radius 1 is 1.24 bits per heavy atom. The molecule has 0 radical (unpaired) electrons. The number of methoxy groups -OCH3 is 1. The standard InChI is InChI=1S/C20H29NO4/c1-23-20(22)19-15-17(9-14-25-19)16-5-7-18(8-6-16)24-13-4-12-21-10-2-3-11-21/h5-8,17,19H,2-4,9-15H2,1H3. The molecule has 2 fully saturated rings. The summed E-state index contributed by atoms with van der Waals surface area (Å²) in [4.78, 5) is 14.2. The van der Waals surface area contributed by atoms with Gasteiger partial charge in [-0.05, 0) is 68.8 Å². The summed E-state index contributed by atoms with van der Waals surface area (Å²) < 4.78 is 16.2. The van der Waals surface area contributed by atoms with E-state index in [9.17, 15) is 4.79 Å². The van der Waals surface area contributed by atoms with E-state index in [1.165, 1.54) is 38.6 Å². The molecule has 2 aliphatic rings. The highest BCUT2D eigenvalue weighted by atomic mass is 16.6. The van der Waals surface area contributed by atoms with Crippen LogP contribution in [-0.4, -0.2) is 56.9 Å². The van der Waals surface area contributed by atoms with Crippen molar-refractivity contribution in [2.45, 2.75) is 44.1 Å². The summed E-state index contributed by atoms with van der Waals surface area (Å²) in [6.45, 7) is 4.98. The molecule has 138 valence electrons. The van der Waals surface area contributed by atoms with E-state index in [4.69, 9.17) is 14.2 Å². The first-order chi connectivity index (χ1) is 12.3. The minimum absolute atomic E-state index is 0.275. The second-order valence-corrected chi connectivity index (χ2v) is 6.92. The Bertz CT molecular complexity index is 539. The summed E-state index contributed by atoms with van der Waals surface area (Å²) in [5.74, 6) is 0.978. The smallest absolute Gasteiger partial charge is 0.334 e. The van der Waals surface area contributed by atoms with Crippen molar-refractivity contribution in [2.24, 2.45) is 0 Å². The molecule has 0 spiro atoms. The number of carbonyl (C=O) groups excluding carboxylic acids is 1. The summed E-state index contributed by atoms with van der Waals surface area (Å²) >= 11 is 0. The van der Waals surface area contributed by atoms with Gasteiger partial charge < -0.3 is 19.1 Å². The highest BCUT2D eigenvalue weighted by molar-refractivity contribution is 5.74. The van der Waals surface area contributed by atoms with E-state index in [-0.39, 0.29) is 5.97 Å². The van der Waals surface area contributed by atoms with Crippen LogP contribution in [0.25, 0.3) is 0 Å². The second-order valence-electron chi connectivity index (χ2n) is 6.92. The van der Waals surface area contributed by atoms with Crippen molar-refractivity contribution in [1.29, 1.82) is 0 Å². The molecule has 3 rings (SSSR count). The zero-order valence-electron chi connectivity index (χ0n) is 15.1. The number of likely N-dealkylation sites (tertiary alicyclic amines) is 1. The first-order valence-corrected chi connectivity index (χ1v) is 9.41. The monoisotopic (exact) mass is 347 g/mol. The highest BCUT2D eigenvalue weighted by Crippen LogP contribution is 2.31. The number of hydrogen-bond acceptors (Lipinski definition) is 5. The number of esters is 1. The van der Waals surface area contributed by atoms with Gasteiger partial charge in [0.1, 0.15) is 5.75 Å². The fourth-order valence-corrected chi connectivity index (χ4v) is 3.72. The fraction of sp³-hybridized carbons (Fsp3) is 0.650. The maximum Gasteiger partial charge on any atom is 0.334 e. The van der Waals surface area contributed by atoms with Gasteiger partial charge in [-0.1, -0.05) is 12.1 Å². The zero-order valence-corrected chi connectivity index (χ0v) is 15.1. The lowest BCUT2D eigenvalue weighted by Crippen LogP contribution is -2.32. The molecule has 5 heteroatoms. The van der Waals surface area contributed by atoms with Crippen LogP contribution in [-0.2, 0) is 14.3 Å². The highest BCUT2D eigenvalue weighted by Gasteiger charge is 2.29. The van der Waals surface area contributed by atoms with Crippen LogP contribution in [0.3, 0.4) is 0 Å². The van der Waals surface area contributed by atoms with Crippen LogP contribution in [0.4, 0.5) is 0 Å². The maximum absolute atomic E-state index is 11.7.